The molecule has 1 amide bonds. The van der Waals surface area contributed by atoms with Crippen molar-refractivity contribution in [3.8, 4) is 0 Å². The summed E-state index contributed by atoms with van der Waals surface area (Å²) in [5, 5.41) is 3.41. The molecule has 0 saturated carbocycles. The molecule has 7 heteroatoms. The van der Waals surface area contributed by atoms with Gasteiger partial charge in [-0.1, -0.05) is 29.3 Å². The van der Waals surface area contributed by atoms with Gasteiger partial charge in [-0.25, -0.2) is 0 Å². The Hall–Kier alpha value is -1.30. The molecule has 0 spiro atoms. The van der Waals surface area contributed by atoms with Gasteiger partial charge in [0.15, 0.2) is 0 Å². The number of carbonyl (C=O) groups is 2. The first kappa shape index (κ1) is 17.8. The lowest BCUT2D eigenvalue weighted by Gasteiger charge is -2.16. The van der Waals surface area contributed by atoms with Crippen molar-refractivity contribution in [2.45, 2.75) is 12.8 Å². The van der Waals surface area contributed by atoms with E-state index in [1.165, 1.54) is 7.11 Å². The average molecular weight is 333 g/mol. The van der Waals surface area contributed by atoms with Crippen molar-refractivity contribution in [1.82, 2.24) is 4.90 Å². The number of hydrogen-bond donors (Lipinski definition) is 1. The van der Waals surface area contributed by atoms with Crippen molar-refractivity contribution < 1.29 is 14.3 Å². The number of esters is 1. The molecule has 0 unspecified atom stereocenters. The van der Waals surface area contributed by atoms with E-state index in [2.05, 4.69) is 10.1 Å². The highest BCUT2D eigenvalue weighted by Gasteiger charge is 2.11. The predicted molar refractivity (Wildman–Crippen MR) is 83.8 cm³/mol. The number of halogens is 2. The SMILES string of the molecule is COC(=O)CCCN(C)CC(=O)Nc1cccc(Cl)c1Cl. The van der Waals surface area contributed by atoms with Crippen LogP contribution < -0.4 is 5.32 Å². The second-order valence-corrected chi connectivity index (χ2v) is 5.35. The number of ether oxygens (including phenoxy) is 1. The van der Waals surface area contributed by atoms with Crippen molar-refractivity contribution in [1.29, 1.82) is 0 Å². The molecule has 0 saturated heterocycles. The Morgan fingerprint density at radius 2 is 2.05 bits per heavy atom. The number of anilines is 1. The summed E-state index contributed by atoms with van der Waals surface area (Å²) in [4.78, 5) is 24.7. The Morgan fingerprint density at radius 1 is 1.33 bits per heavy atom. The normalized spacial score (nSPS) is 10.5. The zero-order valence-electron chi connectivity index (χ0n) is 12.0. The molecule has 0 aliphatic rings. The van der Waals surface area contributed by atoms with Crippen LogP contribution in [0.5, 0.6) is 0 Å². The number of benzene rings is 1. The Labute approximate surface area is 134 Å². The minimum absolute atomic E-state index is 0.195. The molecular weight excluding hydrogens is 315 g/mol. The smallest absolute Gasteiger partial charge is 0.305 e. The van der Waals surface area contributed by atoms with Crippen LogP contribution in [-0.2, 0) is 14.3 Å². The van der Waals surface area contributed by atoms with E-state index in [1.54, 1.807) is 25.2 Å². The zero-order valence-corrected chi connectivity index (χ0v) is 13.5. The van der Waals surface area contributed by atoms with Crippen molar-refractivity contribution in [2.75, 3.05) is 32.6 Å². The number of rotatable bonds is 7. The molecule has 0 bridgehead atoms. The molecule has 0 aliphatic heterocycles. The molecule has 5 nitrogen and oxygen atoms in total. The molecule has 1 N–H and O–H groups in total. The number of nitrogens with one attached hydrogen (secondary N) is 1. The summed E-state index contributed by atoms with van der Waals surface area (Å²) >= 11 is 11.9. The van der Waals surface area contributed by atoms with Gasteiger partial charge in [0.25, 0.3) is 0 Å². The second-order valence-electron chi connectivity index (χ2n) is 4.57. The quantitative estimate of drug-likeness (QED) is 0.780. The van der Waals surface area contributed by atoms with Gasteiger partial charge >= 0.3 is 5.97 Å². The molecule has 0 radical (unpaired) electrons. The van der Waals surface area contributed by atoms with E-state index in [0.29, 0.717) is 35.1 Å². The van der Waals surface area contributed by atoms with Gasteiger partial charge in [-0.05, 0) is 32.1 Å². The first-order valence-electron chi connectivity index (χ1n) is 6.43. The molecule has 0 fully saturated rings. The lowest BCUT2D eigenvalue weighted by Crippen LogP contribution is -2.31. The van der Waals surface area contributed by atoms with Crippen LogP contribution in [0, 0.1) is 0 Å². The fourth-order valence-electron chi connectivity index (χ4n) is 1.71. The minimum Gasteiger partial charge on any atom is -0.469 e. The first-order chi connectivity index (χ1) is 9.93. The molecule has 0 atom stereocenters. The highest BCUT2D eigenvalue weighted by Crippen LogP contribution is 2.29. The Bertz CT molecular complexity index is 509. The summed E-state index contributed by atoms with van der Waals surface area (Å²) in [6, 6.07) is 5.05. The molecule has 1 aromatic carbocycles. The van der Waals surface area contributed by atoms with Gasteiger partial charge in [-0.15, -0.1) is 0 Å². The van der Waals surface area contributed by atoms with Crippen molar-refractivity contribution >= 4 is 40.8 Å². The van der Waals surface area contributed by atoms with Crippen LogP contribution in [0.1, 0.15) is 12.8 Å². The van der Waals surface area contributed by atoms with Gasteiger partial charge in [-0.3, -0.25) is 14.5 Å². The lowest BCUT2D eigenvalue weighted by molar-refractivity contribution is -0.140. The standard InChI is InChI=1S/C14H18Cl2N2O3/c1-18(8-4-7-13(20)21-2)9-12(19)17-11-6-3-5-10(15)14(11)16/h3,5-6H,4,7-9H2,1-2H3,(H,17,19). The molecule has 21 heavy (non-hydrogen) atoms. The zero-order chi connectivity index (χ0) is 15.8. The lowest BCUT2D eigenvalue weighted by atomic mass is 10.3. The Balaban J connectivity index is 2.39. The second kappa shape index (κ2) is 8.87. The van der Waals surface area contributed by atoms with E-state index in [4.69, 9.17) is 23.2 Å². The number of methoxy groups -OCH3 is 1. The third-order valence-electron chi connectivity index (χ3n) is 2.79. The van der Waals surface area contributed by atoms with Crippen LogP contribution in [0.2, 0.25) is 10.0 Å². The van der Waals surface area contributed by atoms with Gasteiger partial charge in [0.05, 0.1) is 29.4 Å². The molecule has 0 heterocycles. The fourth-order valence-corrected chi connectivity index (χ4v) is 2.06. The van der Waals surface area contributed by atoms with E-state index in [1.807, 2.05) is 4.90 Å². The summed E-state index contributed by atoms with van der Waals surface area (Å²) in [7, 11) is 3.16. The number of amides is 1. The highest BCUT2D eigenvalue weighted by atomic mass is 35.5. The molecule has 116 valence electrons. The van der Waals surface area contributed by atoms with Crippen LogP contribution in [0.15, 0.2) is 18.2 Å². The number of likely N-dealkylation sites (N-methyl/N-ethyl adjacent to an activating group) is 1. The minimum atomic E-state index is -0.251. The summed E-state index contributed by atoms with van der Waals surface area (Å²) < 4.78 is 4.55. The van der Waals surface area contributed by atoms with Crippen molar-refractivity contribution in [3.05, 3.63) is 28.2 Å². The first-order valence-corrected chi connectivity index (χ1v) is 7.19. The number of hydrogen-bond acceptors (Lipinski definition) is 4. The molecule has 1 aromatic rings. The third kappa shape index (κ3) is 6.33. The predicted octanol–water partition coefficient (Wildman–Crippen LogP) is 2.82. The van der Waals surface area contributed by atoms with Crippen LogP contribution in [0.25, 0.3) is 0 Å². The maximum Gasteiger partial charge on any atom is 0.305 e. The Morgan fingerprint density at radius 3 is 2.71 bits per heavy atom. The monoisotopic (exact) mass is 332 g/mol. The molecule has 0 aliphatic carbocycles. The number of nitrogens with zero attached hydrogens (tertiary/aromatic N) is 1. The average Bonchev–Trinajstić information content (AvgIpc) is 2.43. The van der Waals surface area contributed by atoms with E-state index >= 15 is 0 Å². The van der Waals surface area contributed by atoms with Crippen LogP contribution in [0.4, 0.5) is 5.69 Å². The summed E-state index contributed by atoms with van der Waals surface area (Å²) in [6.07, 6.45) is 0.969. The third-order valence-corrected chi connectivity index (χ3v) is 3.61. The van der Waals surface area contributed by atoms with E-state index in [0.717, 1.165) is 0 Å². The topological polar surface area (TPSA) is 58.6 Å². The van der Waals surface area contributed by atoms with Crippen LogP contribution >= 0.6 is 23.2 Å². The highest BCUT2D eigenvalue weighted by molar-refractivity contribution is 6.43. The van der Waals surface area contributed by atoms with Gasteiger partial charge in [0, 0.05) is 6.42 Å². The summed E-state index contributed by atoms with van der Waals surface area (Å²) in [5.74, 6) is -0.446. The number of carbonyl (C=O) groups excluding carboxylic acids is 2. The maximum atomic E-state index is 11.9. The van der Waals surface area contributed by atoms with E-state index in [-0.39, 0.29) is 18.4 Å². The van der Waals surface area contributed by atoms with Crippen molar-refractivity contribution in [2.24, 2.45) is 0 Å². The van der Waals surface area contributed by atoms with Gasteiger partial charge < -0.3 is 10.1 Å². The van der Waals surface area contributed by atoms with Gasteiger partial charge in [0.2, 0.25) is 5.91 Å². The van der Waals surface area contributed by atoms with E-state index in [9.17, 15) is 9.59 Å². The Kier molecular flexibility index (Phi) is 7.50. The molecule has 0 aromatic heterocycles. The molecular formula is C14H18Cl2N2O3. The van der Waals surface area contributed by atoms with Crippen LogP contribution in [-0.4, -0.2) is 44.0 Å². The van der Waals surface area contributed by atoms with Gasteiger partial charge in [0.1, 0.15) is 0 Å². The van der Waals surface area contributed by atoms with Gasteiger partial charge in [-0.2, -0.15) is 0 Å². The molecule has 1 rings (SSSR count). The van der Waals surface area contributed by atoms with Crippen molar-refractivity contribution in [3.63, 3.8) is 0 Å². The summed E-state index contributed by atoms with van der Waals surface area (Å²) in [6.45, 7) is 0.815. The summed E-state index contributed by atoms with van der Waals surface area (Å²) in [5.41, 5.74) is 0.483. The largest absolute Gasteiger partial charge is 0.469 e. The maximum absolute atomic E-state index is 11.9. The van der Waals surface area contributed by atoms with Crippen LogP contribution in [0.3, 0.4) is 0 Å². The fraction of sp³-hybridized carbons (Fsp3) is 0.429. The van der Waals surface area contributed by atoms with E-state index < -0.39 is 0 Å².